The maximum atomic E-state index is 12.7. The Balaban J connectivity index is 2.18. The summed E-state index contributed by atoms with van der Waals surface area (Å²) in [6.45, 7) is 4.16. The molecule has 0 bridgehead atoms. The molecule has 106 valence electrons. The molecule has 0 saturated heterocycles. The molecule has 0 amide bonds. The first-order valence-corrected chi connectivity index (χ1v) is 7.62. The Labute approximate surface area is 123 Å². The normalized spacial score (nSPS) is 23.1. The summed E-state index contributed by atoms with van der Waals surface area (Å²) in [5.41, 5.74) is 1.76. The molecule has 4 heteroatoms. The minimum atomic E-state index is 0.0411. The lowest BCUT2D eigenvalue weighted by Gasteiger charge is -2.30. The van der Waals surface area contributed by atoms with E-state index in [1.165, 1.54) is 19.3 Å². The van der Waals surface area contributed by atoms with Crippen LogP contribution >= 0.6 is 11.6 Å². The van der Waals surface area contributed by atoms with E-state index < -0.39 is 0 Å². The van der Waals surface area contributed by atoms with Crippen molar-refractivity contribution in [2.45, 2.75) is 45.6 Å². The summed E-state index contributed by atoms with van der Waals surface area (Å²) in [6.07, 6.45) is 6.42. The number of fused-ring (bicyclic) bond motifs is 1. The zero-order chi connectivity index (χ0) is 14.3. The molecule has 3 nitrogen and oxygen atoms in total. The number of benzene rings is 1. The van der Waals surface area contributed by atoms with Gasteiger partial charge >= 0.3 is 0 Å². The molecule has 0 aliphatic heterocycles. The summed E-state index contributed by atoms with van der Waals surface area (Å²) in [6, 6.07) is 3.86. The molecule has 0 N–H and O–H groups in total. The van der Waals surface area contributed by atoms with Crippen molar-refractivity contribution in [3.63, 3.8) is 0 Å². The molecule has 3 rings (SSSR count). The van der Waals surface area contributed by atoms with Gasteiger partial charge in [0.15, 0.2) is 0 Å². The van der Waals surface area contributed by atoms with Crippen molar-refractivity contribution in [3.05, 3.63) is 39.4 Å². The lowest BCUT2D eigenvalue weighted by atomic mass is 9.86. The minimum absolute atomic E-state index is 0.0411. The van der Waals surface area contributed by atoms with Gasteiger partial charge in [-0.25, -0.2) is 4.98 Å². The van der Waals surface area contributed by atoms with Crippen LogP contribution in [0.15, 0.2) is 23.3 Å². The molecule has 1 aromatic carbocycles. The van der Waals surface area contributed by atoms with Gasteiger partial charge in [0, 0.05) is 11.1 Å². The van der Waals surface area contributed by atoms with E-state index in [2.05, 4.69) is 11.9 Å². The summed E-state index contributed by atoms with van der Waals surface area (Å²) >= 11 is 6.09. The highest BCUT2D eigenvalue weighted by molar-refractivity contribution is 6.31. The smallest absolute Gasteiger partial charge is 0.261 e. The van der Waals surface area contributed by atoms with Crippen LogP contribution in [0.3, 0.4) is 0 Å². The van der Waals surface area contributed by atoms with E-state index in [-0.39, 0.29) is 11.6 Å². The number of aryl methyl sites for hydroxylation is 1. The zero-order valence-electron chi connectivity index (χ0n) is 11.9. The average molecular weight is 291 g/mol. The molecule has 1 aliphatic carbocycles. The summed E-state index contributed by atoms with van der Waals surface area (Å²) < 4.78 is 1.82. The van der Waals surface area contributed by atoms with Crippen LogP contribution in [-0.2, 0) is 0 Å². The second-order valence-electron chi connectivity index (χ2n) is 5.90. The van der Waals surface area contributed by atoms with Gasteiger partial charge in [-0.2, -0.15) is 0 Å². The Morgan fingerprint density at radius 1 is 1.30 bits per heavy atom. The van der Waals surface area contributed by atoms with Crippen molar-refractivity contribution >= 4 is 22.5 Å². The van der Waals surface area contributed by atoms with Crippen LogP contribution in [0.25, 0.3) is 10.9 Å². The molecular weight excluding hydrogens is 272 g/mol. The topological polar surface area (TPSA) is 34.9 Å². The Morgan fingerprint density at radius 2 is 2.05 bits per heavy atom. The average Bonchev–Trinajstić information content (AvgIpc) is 2.41. The van der Waals surface area contributed by atoms with Crippen LogP contribution in [-0.4, -0.2) is 9.55 Å². The van der Waals surface area contributed by atoms with Gasteiger partial charge in [0.25, 0.3) is 5.56 Å². The van der Waals surface area contributed by atoms with Gasteiger partial charge < -0.3 is 0 Å². The van der Waals surface area contributed by atoms with Gasteiger partial charge in [-0.15, -0.1) is 0 Å². The fourth-order valence-corrected chi connectivity index (χ4v) is 3.60. The third-order valence-corrected chi connectivity index (χ3v) is 4.68. The highest BCUT2D eigenvalue weighted by Crippen LogP contribution is 2.32. The maximum absolute atomic E-state index is 12.7. The van der Waals surface area contributed by atoms with E-state index in [0.29, 0.717) is 16.3 Å². The predicted molar refractivity (Wildman–Crippen MR) is 82.4 cm³/mol. The third-order valence-electron chi connectivity index (χ3n) is 4.46. The van der Waals surface area contributed by atoms with E-state index in [1.807, 2.05) is 17.6 Å². The van der Waals surface area contributed by atoms with E-state index in [9.17, 15) is 4.79 Å². The third kappa shape index (κ3) is 2.24. The van der Waals surface area contributed by atoms with E-state index in [1.54, 1.807) is 12.4 Å². The lowest BCUT2D eigenvalue weighted by molar-refractivity contribution is 0.251. The Bertz CT molecular complexity index is 707. The highest BCUT2D eigenvalue weighted by Gasteiger charge is 2.24. The Morgan fingerprint density at radius 3 is 2.80 bits per heavy atom. The van der Waals surface area contributed by atoms with Gasteiger partial charge in [0.05, 0.1) is 17.2 Å². The van der Waals surface area contributed by atoms with Crippen molar-refractivity contribution in [1.29, 1.82) is 0 Å². The molecule has 2 atom stereocenters. The number of hydrogen-bond donors (Lipinski definition) is 0. The number of aromatic nitrogens is 2. The fraction of sp³-hybridized carbons (Fsp3) is 0.500. The summed E-state index contributed by atoms with van der Waals surface area (Å²) in [5.74, 6) is 0.529. The fourth-order valence-electron chi connectivity index (χ4n) is 3.33. The van der Waals surface area contributed by atoms with E-state index in [4.69, 9.17) is 11.6 Å². The van der Waals surface area contributed by atoms with Crippen LogP contribution in [0.2, 0.25) is 5.02 Å². The number of hydrogen-bond acceptors (Lipinski definition) is 2. The van der Waals surface area contributed by atoms with Crippen molar-refractivity contribution in [3.8, 4) is 0 Å². The van der Waals surface area contributed by atoms with E-state index in [0.717, 1.165) is 17.5 Å². The van der Waals surface area contributed by atoms with Crippen LogP contribution < -0.4 is 5.56 Å². The Hall–Kier alpha value is -1.35. The zero-order valence-corrected chi connectivity index (χ0v) is 12.7. The van der Waals surface area contributed by atoms with Crippen molar-refractivity contribution < 1.29 is 0 Å². The van der Waals surface area contributed by atoms with Gasteiger partial charge in [-0.05, 0) is 43.4 Å². The van der Waals surface area contributed by atoms with Crippen molar-refractivity contribution in [1.82, 2.24) is 9.55 Å². The largest absolute Gasteiger partial charge is 0.295 e. The van der Waals surface area contributed by atoms with Crippen LogP contribution in [0.1, 0.15) is 44.2 Å². The molecular formula is C16H19ClN2O. The standard InChI is InChI=1S/C16H19ClN2O/c1-10-5-3-4-6-14(10)19-9-18-15-11(2)7-12(17)8-13(15)16(19)20/h7-10,14H,3-6H2,1-2H3. The molecule has 20 heavy (non-hydrogen) atoms. The first-order chi connectivity index (χ1) is 9.58. The molecule has 1 fully saturated rings. The number of nitrogens with zero attached hydrogens (tertiary/aromatic N) is 2. The summed E-state index contributed by atoms with van der Waals surface area (Å²) in [5, 5.41) is 1.23. The summed E-state index contributed by atoms with van der Waals surface area (Å²) in [4.78, 5) is 17.2. The summed E-state index contributed by atoms with van der Waals surface area (Å²) in [7, 11) is 0. The number of halogens is 1. The minimum Gasteiger partial charge on any atom is -0.295 e. The Kier molecular flexibility index (Phi) is 3.55. The lowest BCUT2D eigenvalue weighted by Crippen LogP contribution is -2.31. The molecule has 2 aromatic rings. The first-order valence-electron chi connectivity index (χ1n) is 7.25. The van der Waals surface area contributed by atoms with Gasteiger partial charge in [0.1, 0.15) is 0 Å². The molecule has 2 unspecified atom stereocenters. The van der Waals surface area contributed by atoms with Crippen molar-refractivity contribution in [2.75, 3.05) is 0 Å². The SMILES string of the molecule is Cc1cc(Cl)cc2c(=O)n(C3CCCCC3C)cnc12. The molecule has 1 aliphatic rings. The van der Waals surface area contributed by atoms with Crippen molar-refractivity contribution in [2.24, 2.45) is 5.92 Å². The van der Waals surface area contributed by atoms with Crippen LogP contribution in [0, 0.1) is 12.8 Å². The second-order valence-corrected chi connectivity index (χ2v) is 6.34. The van der Waals surface area contributed by atoms with Crippen LogP contribution in [0.5, 0.6) is 0 Å². The predicted octanol–water partition coefficient (Wildman–Crippen LogP) is 4.11. The maximum Gasteiger partial charge on any atom is 0.261 e. The molecule has 1 aromatic heterocycles. The van der Waals surface area contributed by atoms with E-state index >= 15 is 0 Å². The van der Waals surface area contributed by atoms with Gasteiger partial charge in [-0.1, -0.05) is 31.4 Å². The van der Waals surface area contributed by atoms with Gasteiger partial charge in [0.2, 0.25) is 0 Å². The molecule has 0 spiro atoms. The number of rotatable bonds is 1. The molecule has 1 saturated carbocycles. The first kappa shape index (κ1) is 13.6. The highest BCUT2D eigenvalue weighted by atomic mass is 35.5. The van der Waals surface area contributed by atoms with Crippen LogP contribution in [0.4, 0.5) is 0 Å². The quantitative estimate of drug-likeness (QED) is 0.792. The second kappa shape index (κ2) is 5.21. The molecule has 1 heterocycles. The molecule has 0 radical (unpaired) electrons. The van der Waals surface area contributed by atoms with Gasteiger partial charge in [-0.3, -0.25) is 9.36 Å². The monoisotopic (exact) mass is 290 g/mol.